The Bertz CT molecular complexity index is 1050. The van der Waals surface area contributed by atoms with E-state index in [9.17, 15) is 5.26 Å². The maximum Gasteiger partial charge on any atom is 0.164 e. The molecule has 0 bridgehead atoms. The maximum absolute atomic E-state index is 9.50. The molecule has 3 rings (SSSR count). The van der Waals surface area contributed by atoms with Gasteiger partial charge in [0, 0.05) is 23.9 Å². The fourth-order valence-electron chi connectivity index (χ4n) is 3.04. The molecule has 0 amide bonds. The fourth-order valence-corrected chi connectivity index (χ4v) is 3.04. The minimum absolute atomic E-state index is 0.340. The lowest BCUT2D eigenvalue weighted by molar-refractivity contribution is 0.184. The topological polar surface area (TPSA) is 88.1 Å². The zero-order valence-corrected chi connectivity index (χ0v) is 16.4. The highest BCUT2D eigenvalue weighted by molar-refractivity contribution is 5.83. The average Bonchev–Trinajstić information content (AvgIpc) is 2.97. The minimum atomic E-state index is 0.340. The number of hydrazone groups is 1. The number of aromatic nitrogens is 3. The molecule has 0 aliphatic rings. The molecule has 0 aliphatic carbocycles. The summed E-state index contributed by atoms with van der Waals surface area (Å²) < 4.78 is 7.06. The van der Waals surface area contributed by atoms with E-state index >= 15 is 0 Å². The minimum Gasteiger partial charge on any atom is -0.380 e. The van der Waals surface area contributed by atoms with Gasteiger partial charge in [-0.25, -0.2) is 9.67 Å². The number of methoxy groups -OCH3 is 1. The van der Waals surface area contributed by atoms with Crippen LogP contribution in [0.2, 0.25) is 0 Å². The van der Waals surface area contributed by atoms with Crippen LogP contribution in [0.4, 0.5) is 5.82 Å². The van der Waals surface area contributed by atoms with Gasteiger partial charge >= 0.3 is 0 Å². The van der Waals surface area contributed by atoms with Crippen molar-refractivity contribution >= 4 is 12.0 Å². The first-order valence-electron chi connectivity index (χ1n) is 8.85. The quantitative estimate of drug-likeness (QED) is 0.525. The van der Waals surface area contributed by atoms with E-state index in [4.69, 9.17) is 4.74 Å². The molecule has 0 spiro atoms. The number of nitrogens with zero attached hydrogens (tertiary/aromatic N) is 5. The van der Waals surface area contributed by atoms with E-state index in [2.05, 4.69) is 26.7 Å². The Hall–Kier alpha value is -3.50. The molecule has 0 radical (unpaired) electrons. The Balaban J connectivity index is 1.89. The van der Waals surface area contributed by atoms with Crippen LogP contribution in [-0.4, -0.2) is 28.1 Å². The predicted molar refractivity (Wildman–Crippen MR) is 109 cm³/mol. The molecule has 0 fully saturated rings. The maximum atomic E-state index is 9.50. The molecule has 0 aliphatic heterocycles. The molecular formula is C21H22N6O. The van der Waals surface area contributed by atoms with Gasteiger partial charge in [-0.05, 0) is 39.0 Å². The van der Waals surface area contributed by atoms with E-state index in [0.29, 0.717) is 18.0 Å². The van der Waals surface area contributed by atoms with Crippen molar-refractivity contribution in [1.29, 1.82) is 5.26 Å². The zero-order chi connectivity index (χ0) is 20.1. The number of anilines is 1. The number of hydrogen-bond donors (Lipinski definition) is 1. The highest BCUT2D eigenvalue weighted by Crippen LogP contribution is 2.20. The van der Waals surface area contributed by atoms with Crippen molar-refractivity contribution in [2.75, 3.05) is 12.5 Å². The van der Waals surface area contributed by atoms with Crippen LogP contribution < -0.4 is 5.43 Å². The molecule has 2 heterocycles. The van der Waals surface area contributed by atoms with Crippen LogP contribution in [0, 0.1) is 32.1 Å². The van der Waals surface area contributed by atoms with Gasteiger partial charge in [-0.15, -0.1) is 0 Å². The molecule has 7 nitrogen and oxygen atoms in total. The smallest absolute Gasteiger partial charge is 0.164 e. The number of pyridine rings is 1. The number of nitrogens with one attached hydrogen (secondary N) is 1. The summed E-state index contributed by atoms with van der Waals surface area (Å²) in [4.78, 5) is 4.39. The molecule has 0 unspecified atom stereocenters. The van der Waals surface area contributed by atoms with Crippen LogP contribution in [0.3, 0.4) is 0 Å². The van der Waals surface area contributed by atoms with Crippen LogP contribution in [0.5, 0.6) is 0 Å². The summed E-state index contributed by atoms with van der Waals surface area (Å²) in [5.41, 5.74) is 8.64. The molecule has 1 N–H and O–H groups in total. The van der Waals surface area contributed by atoms with E-state index in [1.807, 2.05) is 61.9 Å². The largest absolute Gasteiger partial charge is 0.380 e. The Morgan fingerprint density at radius 2 is 2.00 bits per heavy atom. The number of hydrogen-bond acceptors (Lipinski definition) is 6. The lowest BCUT2D eigenvalue weighted by Gasteiger charge is -2.09. The second-order valence-electron chi connectivity index (χ2n) is 6.39. The Labute approximate surface area is 164 Å². The van der Waals surface area contributed by atoms with E-state index in [-0.39, 0.29) is 0 Å². The van der Waals surface area contributed by atoms with Crippen LogP contribution in [0.15, 0.2) is 41.5 Å². The third-order valence-corrected chi connectivity index (χ3v) is 4.35. The summed E-state index contributed by atoms with van der Waals surface area (Å²) in [6.45, 7) is 6.15. The normalized spacial score (nSPS) is 11.0. The molecule has 142 valence electrons. The lowest BCUT2D eigenvalue weighted by atomic mass is 10.1. The van der Waals surface area contributed by atoms with Crippen LogP contribution in [0.25, 0.3) is 5.69 Å². The van der Waals surface area contributed by atoms with Crippen LogP contribution >= 0.6 is 0 Å². The monoisotopic (exact) mass is 374 g/mol. The van der Waals surface area contributed by atoms with Crippen molar-refractivity contribution in [3.63, 3.8) is 0 Å². The van der Waals surface area contributed by atoms with Gasteiger partial charge in [-0.2, -0.15) is 15.5 Å². The number of aryl methyl sites for hydroxylation is 2. The van der Waals surface area contributed by atoms with Gasteiger partial charge in [0.15, 0.2) is 5.82 Å². The molecule has 28 heavy (non-hydrogen) atoms. The Morgan fingerprint density at radius 1 is 1.25 bits per heavy atom. The highest BCUT2D eigenvalue weighted by atomic mass is 16.5. The van der Waals surface area contributed by atoms with Crippen molar-refractivity contribution in [3.05, 3.63) is 70.2 Å². The first kappa shape index (κ1) is 19.3. The van der Waals surface area contributed by atoms with Gasteiger partial charge < -0.3 is 4.74 Å². The average molecular weight is 374 g/mol. The first-order chi connectivity index (χ1) is 13.5. The summed E-state index contributed by atoms with van der Waals surface area (Å²) >= 11 is 0. The van der Waals surface area contributed by atoms with E-state index in [1.165, 1.54) is 0 Å². The van der Waals surface area contributed by atoms with Crippen molar-refractivity contribution < 1.29 is 4.74 Å². The lowest BCUT2D eigenvalue weighted by Crippen LogP contribution is -2.04. The molecule has 2 aromatic heterocycles. The number of nitriles is 1. The first-order valence-corrected chi connectivity index (χ1v) is 8.85. The van der Waals surface area contributed by atoms with E-state index in [1.54, 1.807) is 13.3 Å². The summed E-state index contributed by atoms with van der Waals surface area (Å²) in [5.74, 6) is 0.413. The van der Waals surface area contributed by atoms with Crippen molar-refractivity contribution in [1.82, 2.24) is 14.8 Å². The summed E-state index contributed by atoms with van der Waals surface area (Å²) in [7, 11) is 1.60. The Morgan fingerprint density at radius 3 is 2.68 bits per heavy atom. The number of ether oxygens (including phenoxy) is 1. The van der Waals surface area contributed by atoms with Crippen LogP contribution in [0.1, 0.15) is 33.8 Å². The standard InChI is InChI=1S/C21H22N6O/c1-14-10-17(13-28-4)19(11-22)21(24-14)25-23-12-20-15(2)26-27(16(20)3)18-8-6-5-7-9-18/h5-10,12H,13H2,1-4H3,(H,24,25)/b23-12+. The second-order valence-corrected chi connectivity index (χ2v) is 6.39. The molecule has 0 atom stereocenters. The Kier molecular flexibility index (Phi) is 5.82. The van der Waals surface area contributed by atoms with E-state index < -0.39 is 0 Å². The van der Waals surface area contributed by atoms with Gasteiger partial charge in [0.05, 0.1) is 29.9 Å². The number of rotatable bonds is 6. The molecule has 0 saturated heterocycles. The number of benzene rings is 1. The van der Waals surface area contributed by atoms with Gasteiger partial charge in [-0.3, -0.25) is 5.43 Å². The molecule has 0 saturated carbocycles. The van der Waals surface area contributed by atoms with Crippen molar-refractivity contribution in [2.24, 2.45) is 5.10 Å². The predicted octanol–water partition coefficient (Wildman–Crippen LogP) is 3.66. The van der Waals surface area contributed by atoms with Crippen molar-refractivity contribution in [3.8, 4) is 11.8 Å². The summed E-state index contributed by atoms with van der Waals surface area (Å²) in [6, 6.07) is 14.0. The third-order valence-electron chi connectivity index (χ3n) is 4.35. The number of para-hydroxylation sites is 1. The zero-order valence-electron chi connectivity index (χ0n) is 16.4. The van der Waals surface area contributed by atoms with Gasteiger partial charge in [0.25, 0.3) is 0 Å². The van der Waals surface area contributed by atoms with Crippen LogP contribution in [-0.2, 0) is 11.3 Å². The van der Waals surface area contributed by atoms with Gasteiger partial charge in [0.1, 0.15) is 11.6 Å². The molecule has 7 heteroatoms. The van der Waals surface area contributed by atoms with Gasteiger partial charge in [0.2, 0.25) is 0 Å². The van der Waals surface area contributed by atoms with E-state index in [0.717, 1.165) is 33.9 Å². The summed E-state index contributed by atoms with van der Waals surface area (Å²) in [5, 5.41) is 18.4. The van der Waals surface area contributed by atoms with Crippen molar-refractivity contribution in [2.45, 2.75) is 27.4 Å². The SMILES string of the molecule is COCc1cc(C)nc(N/N=C/c2c(C)nn(-c3ccccc3)c2C)c1C#N. The second kappa shape index (κ2) is 8.46. The molecular weight excluding hydrogens is 352 g/mol. The molecule has 1 aromatic carbocycles. The fraction of sp³-hybridized carbons (Fsp3) is 0.238. The van der Waals surface area contributed by atoms with Gasteiger partial charge in [-0.1, -0.05) is 18.2 Å². The highest BCUT2D eigenvalue weighted by Gasteiger charge is 2.13. The third kappa shape index (κ3) is 3.92. The summed E-state index contributed by atoms with van der Waals surface area (Å²) in [6.07, 6.45) is 1.71. The molecule has 3 aromatic rings.